The van der Waals surface area contributed by atoms with Gasteiger partial charge in [0, 0.05) is 29.2 Å². The molecule has 5 nitrogen and oxygen atoms in total. The monoisotopic (exact) mass is 403 g/mol. The predicted molar refractivity (Wildman–Crippen MR) is 115 cm³/mol. The number of hydrogen-bond donors (Lipinski definition) is 1. The second kappa shape index (κ2) is 7.44. The van der Waals surface area contributed by atoms with Crippen LogP contribution in [-0.4, -0.2) is 40.9 Å². The van der Waals surface area contributed by atoms with E-state index in [4.69, 9.17) is 4.74 Å². The first-order valence-electron chi connectivity index (χ1n) is 10.2. The van der Waals surface area contributed by atoms with Crippen LogP contribution in [0.5, 0.6) is 0 Å². The molecule has 0 radical (unpaired) electrons. The van der Waals surface area contributed by atoms with Crippen molar-refractivity contribution >= 4 is 28.3 Å². The number of carbonyl (C=O) groups is 1. The minimum atomic E-state index is -0.362. The van der Waals surface area contributed by atoms with Crippen molar-refractivity contribution in [3.63, 3.8) is 0 Å². The molecule has 6 heteroatoms. The van der Waals surface area contributed by atoms with Crippen molar-refractivity contribution in [2.45, 2.75) is 25.9 Å². The highest BCUT2D eigenvalue weighted by atomic mass is 19.1. The number of aromatic amines is 1. The van der Waals surface area contributed by atoms with Gasteiger partial charge in [-0.3, -0.25) is 4.79 Å². The van der Waals surface area contributed by atoms with Gasteiger partial charge in [-0.05, 0) is 48.7 Å². The molecule has 152 valence electrons. The van der Waals surface area contributed by atoms with Gasteiger partial charge >= 0.3 is 0 Å². The van der Waals surface area contributed by atoms with Crippen LogP contribution in [0.4, 0.5) is 4.39 Å². The molecule has 0 saturated heterocycles. The number of halogens is 1. The highest BCUT2D eigenvalue weighted by Gasteiger charge is 2.29. The Hall–Kier alpha value is -3.41. The molecule has 0 spiro atoms. The van der Waals surface area contributed by atoms with E-state index < -0.39 is 0 Å². The third-order valence-corrected chi connectivity index (χ3v) is 5.73. The summed E-state index contributed by atoms with van der Waals surface area (Å²) in [6.45, 7) is 3.20. The van der Waals surface area contributed by atoms with Gasteiger partial charge in [-0.15, -0.1) is 0 Å². The molecule has 2 aromatic carbocycles. The Morgan fingerprint density at radius 1 is 1.23 bits per heavy atom. The van der Waals surface area contributed by atoms with Crippen molar-refractivity contribution < 1.29 is 13.9 Å². The maximum Gasteiger partial charge on any atom is 0.257 e. The highest BCUT2D eigenvalue weighted by molar-refractivity contribution is 6.21. The normalized spacial score (nSPS) is 18.5. The number of carbonyl (C=O) groups excluding carboxylic acids is 1. The maximum atomic E-state index is 13.3. The Bertz CT molecular complexity index is 1180. The van der Waals surface area contributed by atoms with E-state index in [0.717, 1.165) is 34.2 Å². The van der Waals surface area contributed by atoms with Gasteiger partial charge in [-0.1, -0.05) is 25.1 Å². The first kappa shape index (κ1) is 18.6. The van der Waals surface area contributed by atoms with Gasteiger partial charge in [0.2, 0.25) is 5.90 Å². The lowest BCUT2D eigenvalue weighted by atomic mass is 10.0. The molecule has 1 atom stereocenters. The van der Waals surface area contributed by atoms with Crippen LogP contribution in [0.25, 0.3) is 16.5 Å². The van der Waals surface area contributed by atoms with Crippen LogP contribution in [0.1, 0.15) is 35.0 Å². The summed E-state index contributed by atoms with van der Waals surface area (Å²) in [4.78, 5) is 23.0. The molecule has 1 N–H and O–H groups in total. The Labute approximate surface area is 173 Å². The number of para-hydroxylation sites is 1. The number of amides is 1. The van der Waals surface area contributed by atoms with E-state index in [9.17, 15) is 9.18 Å². The Morgan fingerprint density at radius 2 is 2.03 bits per heavy atom. The fraction of sp³-hybridized carbons (Fsp3) is 0.250. The number of rotatable bonds is 3. The predicted octanol–water partition coefficient (Wildman–Crippen LogP) is 4.55. The number of nitrogens with one attached hydrogen (secondary N) is 1. The third kappa shape index (κ3) is 3.18. The molecule has 2 aliphatic heterocycles. The second-order valence-electron chi connectivity index (χ2n) is 7.62. The average Bonchev–Trinajstić information content (AvgIpc) is 3.34. The van der Waals surface area contributed by atoms with Gasteiger partial charge < -0.3 is 14.6 Å². The smallest absolute Gasteiger partial charge is 0.257 e. The van der Waals surface area contributed by atoms with E-state index in [1.807, 2.05) is 18.3 Å². The number of fused-ring (bicyclic) bond motifs is 3. The van der Waals surface area contributed by atoms with Crippen molar-refractivity contribution in [3.8, 4) is 0 Å². The van der Waals surface area contributed by atoms with E-state index in [1.54, 1.807) is 4.90 Å². The van der Waals surface area contributed by atoms with Crippen molar-refractivity contribution in [2.24, 2.45) is 4.99 Å². The Balaban J connectivity index is 1.59. The standard InChI is InChI=1S/C24H22FN3O2/c1-2-17-13-26-23(30-17)20-14-28(24(29)15-7-9-16(25)10-8-15)12-11-19-18-5-3-4-6-21(18)27-22(19)20/h3-10,14,17,27H,2,11-13H2,1H3. The minimum Gasteiger partial charge on any atom is -0.472 e. The van der Waals surface area contributed by atoms with Gasteiger partial charge in [0.25, 0.3) is 5.91 Å². The van der Waals surface area contributed by atoms with E-state index >= 15 is 0 Å². The lowest BCUT2D eigenvalue weighted by Crippen LogP contribution is -2.28. The topological polar surface area (TPSA) is 57.7 Å². The quantitative estimate of drug-likeness (QED) is 0.697. The van der Waals surface area contributed by atoms with Crippen molar-refractivity contribution in [3.05, 3.63) is 77.4 Å². The summed E-state index contributed by atoms with van der Waals surface area (Å²) in [5.41, 5.74) is 4.38. The molecule has 0 bridgehead atoms. The summed E-state index contributed by atoms with van der Waals surface area (Å²) in [5.74, 6) is 0.0282. The molecular formula is C24H22FN3O2. The molecule has 2 aliphatic rings. The van der Waals surface area contributed by atoms with Crippen LogP contribution in [0.2, 0.25) is 0 Å². The van der Waals surface area contributed by atoms with E-state index in [0.29, 0.717) is 31.0 Å². The van der Waals surface area contributed by atoms with Crippen LogP contribution in [-0.2, 0) is 11.2 Å². The van der Waals surface area contributed by atoms with Gasteiger partial charge in [0.05, 0.1) is 17.8 Å². The molecule has 30 heavy (non-hydrogen) atoms. The molecule has 3 aromatic rings. The number of aromatic nitrogens is 1. The molecular weight excluding hydrogens is 381 g/mol. The molecule has 1 unspecified atom stereocenters. The van der Waals surface area contributed by atoms with Crippen LogP contribution in [0, 0.1) is 5.82 Å². The van der Waals surface area contributed by atoms with Gasteiger partial charge in [-0.25, -0.2) is 9.38 Å². The Morgan fingerprint density at radius 3 is 2.80 bits per heavy atom. The van der Waals surface area contributed by atoms with Gasteiger partial charge in [0.15, 0.2) is 0 Å². The number of ether oxygens (including phenoxy) is 1. The SMILES string of the molecule is CCC1CN=C(C2=CN(C(=O)c3ccc(F)cc3)CCc3c2[nH]c2ccccc32)O1. The summed E-state index contributed by atoms with van der Waals surface area (Å²) in [7, 11) is 0. The lowest BCUT2D eigenvalue weighted by Gasteiger charge is -2.18. The fourth-order valence-corrected chi connectivity index (χ4v) is 4.07. The highest BCUT2D eigenvalue weighted by Crippen LogP contribution is 2.33. The van der Waals surface area contributed by atoms with Gasteiger partial charge in [0.1, 0.15) is 11.9 Å². The summed E-state index contributed by atoms with van der Waals surface area (Å²) in [6.07, 6.45) is 3.44. The number of nitrogens with zero attached hydrogens (tertiary/aromatic N) is 2. The maximum absolute atomic E-state index is 13.3. The fourth-order valence-electron chi connectivity index (χ4n) is 4.07. The Kier molecular flexibility index (Phi) is 4.62. The summed E-state index contributed by atoms with van der Waals surface area (Å²) in [6, 6.07) is 13.8. The average molecular weight is 403 g/mol. The zero-order valence-electron chi connectivity index (χ0n) is 16.7. The zero-order chi connectivity index (χ0) is 20.7. The number of hydrogen-bond acceptors (Lipinski definition) is 3. The molecule has 1 aromatic heterocycles. The zero-order valence-corrected chi connectivity index (χ0v) is 16.7. The number of aliphatic imine (C=N–C) groups is 1. The number of benzene rings is 2. The third-order valence-electron chi connectivity index (χ3n) is 5.73. The molecule has 5 rings (SSSR count). The molecule has 0 fully saturated rings. The van der Waals surface area contributed by atoms with E-state index in [-0.39, 0.29) is 17.8 Å². The largest absolute Gasteiger partial charge is 0.472 e. The van der Waals surface area contributed by atoms with Crippen molar-refractivity contribution in [1.29, 1.82) is 0 Å². The second-order valence-corrected chi connectivity index (χ2v) is 7.62. The molecule has 3 heterocycles. The van der Waals surface area contributed by atoms with Crippen LogP contribution >= 0.6 is 0 Å². The number of H-pyrrole nitrogens is 1. The lowest BCUT2D eigenvalue weighted by molar-refractivity contribution is 0.0825. The first-order chi connectivity index (χ1) is 14.6. The van der Waals surface area contributed by atoms with E-state index in [2.05, 4.69) is 29.0 Å². The van der Waals surface area contributed by atoms with Crippen molar-refractivity contribution in [1.82, 2.24) is 9.88 Å². The molecule has 1 amide bonds. The first-order valence-corrected chi connectivity index (χ1v) is 10.2. The van der Waals surface area contributed by atoms with Crippen molar-refractivity contribution in [2.75, 3.05) is 13.1 Å². The van der Waals surface area contributed by atoms with Crippen LogP contribution < -0.4 is 0 Å². The van der Waals surface area contributed by atoms with Crippen LogP contribution in [0.3, 0.4) is 0 Å². The summed E-state index contributed by atoms with van der Waals surface area (Å²) < 4.78 is 19.4. The minimum absolute atomic E-state index is 0.0539. The summed E-state index contributed by atoms with van der Waals surface area (Å²) >= 11 is 0. The summed E-state index contributed by atoms with van der Waals surface area (Å²) in [5, 5.41) is 1.14. The van der Waals surface area contributed by atoms with Gasteiger partial charge in [-0.2, -0.15) is 0 Å². The van der Waals surface area contributed by atoms with Crippen LogP contribution in [0.15, 0.2) is 59.7 Å². The van der Waals surface area contributed by atoms with E-state index in [1.165, 1.54) is 24.3 Å². The molecule has 0 saturated carbocycles. The molecule has 0 aliphatic carbocycles.